The number of rotatable bonds is 6. The number of ether oxygens (including phenoxy) is 1. The Hall–Kier alpha value is -3.35. The van der Waals surface area contributed by atoms with E-state index in [4.69, 9.17) is 16.3 Å². The summed E-state index contributed by atoms with van der Waals surface area (Å²) < 4.78 is 5.79. The highest BCUT2D eigenvalue weighted by Crippen LogP contribution is 2.21. The van der Waals surface area contributed by atoms with Crippen LogP contribution < -0.4 is 4.74 Å². The summed E-state index contributed by atoms with van der Waals surface area (Å²) in [6.45, 7) is 0.334. The number of nitriles is 1. The fourth-order valence-electron chi connectivity index (χ4n) is 2.53. The van der Waals surface area contributed by atoms with Crippen LogP contribution in [0.5, 0.6) is 5.75 Å². The lowest BCUT2D eigenvalue weighted by Gasteiger charge is -2.08. The van der Waals surface area contributed by atoms with Crippen molar-refractivity contribution in [3.05, 3.63) is 106 Å². The summed E-state index contributed by atoms with van der Waals surface area (Å²) in [6.07, 6.45) is 1.57. The van der Waals surface area contributed by atoms with Crippen LogP contribution in [0.25, 0.3) is 6.08 Å². The molecule has 3 nitrogen and oxygen atoms in total. The molecule has 0 spiro atoms. The van der Waals surface area contributed by atoms with Crippen LogP contribution in [0.2, 0.25) is 5.02 Å². The van der Waals surface area contributed by atoms with Crippen molar-refractivity contribution >= 4 is 23.5 Å². The minimum absolute atomic E-state index is 0.0736. The maximum atomic E-state index is 12.5. The summed E-state index contributed by atoms with van der Waals surface area (Å²) >= 11 is 6.14. The van der Waals surface area contributed by atoms with Crippen molar-refractivity contribution in [1.29, 1.82) is 5.26 Å². The number of hydrogen-bond donors (Lipinski definition) is 0. The number of carbonyl (C=O) groups excluding carboxylic acids is 1. The third-order valence-corrected chi connectivity index (χ3v) is 4.29. The van der Waals surface area contributed by atoms with E-state index in [0.717, 1.165) is 5.56 Å². The molecule has 0 saturated carbocycles. The van der Waals surface area contributed by atoms with Gasteiger partial charge in [-0.2, -0.15) is 5.26 Å². The predicted octanol–water partition coefficient (Wildman–Crippen LogP) is 5.71. The third kappa shape index (κ3) is 4.84. The molecule has 0 saturated heterocycles. The number of allylic oxidation sites excluding steroid dienone is 1. The van der Waals surface area contributed by atoms with Crippen molar-refractivity contribution in [2.45, 2.75) is 6.61 Å². The highest BCUT2D eigenvalue weighted by atomic mass is 35.5. The van der Waals surface area contributed by atoms with Crippen molar-refractivity contribution < 1.29 is 9.53 Å². The maximum Gasteiger partial charge on any atom is 0.203 e. The van der Waals surface area contributed by atoms with Gasteiger partial charge in [-0.15, -0.1) is 0 Å². The Morgan fingerprint density at radius 2 is 1.74 bits per heavy atom. The number of ketones is 1. The molecule has 0 unspecified atom stereocenters. The van der Waals surface area contributed by atoms with Gasteiger partial charge in [-0.25, -0.2) is 0 Å². The summed E-state index contributed by atoms with van der Waals surface area (Å²) in [5, 5.41) is 10.0. The molecule has 0 fully saturated rings. The van der Waals surface area contributed by atoms with Gasteiger partial charge in [0.05, 0.1) is 0 Å². The standard InChI is InChI=1S/C23H16ClNO2/c24-22-12-5-4-10-19(22)16-27-21-11-6-7-17(14-21)13-20(15-25)23(26)18-8-2-1-3-9-18/h1-14H,16H2/b20-13+. The SMILES string of the molecule is N#C/C(=C\c1cccc(OCc2ccccc2Cl)c1)C(=O)c1ccccc1. The van der Waals surface area contributed by atoms with E-state index in [9.17, 15) is 10.1 Å². The van der Waals surface area contributed by atoms with Crippen molar-refractivity contribution in [2.75, 3.05) is 0 Å². The zero-order chi connectivity index (χ0) is 19.1. The number of Topliss-reactive ketones (excluding diaryl/α,β-unsaturated/α-hetero) is 1. The van der Waals surface area contributed by atoms with Crippen LogP contribution in [0.4, 0.5) is 0 Å². The molecular weight excluding hydrogens is 358 g/mol. The van der Waals surface area contributed by atoms with Crippen LogP contribution in [0.15, 0.2) is 84.4 Å². The van der Waals surface area contributed by atoms with Crippen LogP contribution >= 0.6 is 11.6 Å². The maximum absolute atomic E-state index is 12.5. The van der Waals surface area contributed by atoms with Gasteiger partial charge in [0, 0.05) is 16.1 Å². The second-order valence-corrected chi connectivity index (χ2v) is 6.22. The lowest BCUT2D eigenvalue weighted by atomic mass is 10.0. The van der Waals surface area contributed by atoms with Crippen molar-refractivity contribution in [2.24, 2.45) is 0 Å². The molecule has 3 aromatic rings. The van der Waals surface area contributed by atoms with Crippen molar-refractivity contribution in [3.63, 3.8) is 0 Å². The summed E-state index contributed by atoms with van der Waals surface area (Å²) in [5.74, 6) is 0.327. The van der Waals surface area contributed by atoms with E-state index < -0.39 is 0 Å². The molecule has 3 aromatic carbocycles. The minimum atomic E-state index is -0.305. The summed E-state index contributed by atoms with van der Waals surface area (Å²) in [5.41, 5.74) is 2.16. The van der Waals surface area contributed by atoms with E-state index >= 15 is 0 Å². The molecule has 0 atom stereocenters. The fourth-order valence-corrected chi connectivity index (χ4v) is 2.72. The molecule has 0 aliphatic rings. The Balaban J connectivity index is 1.78. The highest BCUT2D eigenvalue weighted by molar-refractivity contribution is 6.31. The molecule has 0 bridgehead atoms. The zero-order valence-electron chi connectivity index (χ0n) is 14.4. The number of hydrogen-bond acceptors (Lipinski definition) is 3. The van der Waals surface area contributed by atoms with Gasteiger partial charge in [-0.1, -0.05) is 72.3 Å². The molecule has 4 heteroatoms. The number of nitrogens with zero attached hydrogens (tertiary/aromatic N) is 1. The predicted molar refractivity (Wildman–Crippen MR) is 107 cm³/mol. The molecule has 0 heterocycles. The summed E-state index contributed by atoms with van der Waals surface area (Å²) in [4.78, 5) is 12.5. The molecule has 132 valence electrons. The number of benzene rings is 3. The Bertz CT molecular complexity index is 1020. The Morgan fingerprint density at radius 3 is 2.48 bits per heavy atom. The molecule has 0 aliphatic heterocycles. The normalized spacial score (nSPS) is 10.9. The van der Waals surface area contributed by atoms with Crippen molar-refractivity contribution in [3.8, 4) is 11.8 Å². The molecule has 0 aliphatic carbocycles. The minimum Gasteiger partial charge on any atom is -0.489 e. The Kier molecular flexibility index (Phi) is 6.04. The van der Waals surface area contributed by atoms with Crippen LogP contribution in [-0.4, -0.2) is 5.78 Å². The average molecular weight is 374 g/mol. The summed E-state index contributed by atoms with van der Waals surface area (Å²) in [6, 6.07) is 25.4. The van der Waals surface area contributed by atoms with Crippen LogP contribution in [0.1, 0.15) is 21.5 Å². The Labute approximate surface area is 163 Å². The molecule has 0 radical (unpaired) electrons. The van der Waals surface area contributed by atoms with Gasteiger partial charge in [0.2, 0.25) is 5.78 Å². The molecule has 27 heavy (non-hydrogen) atoms. The molecule has 0 N–H and O–H groups in total. The van der Waals surface area contributed by atoms with Gasteiger partial charge in [0.1, 0.15) is 24.0 Å². The molecule has 0 aromatic heterocycles. The van der Waals surface area contributed by atoms with E-state index in [-0.39, 0.29) is 11.4 Å². The monoisotopic (exact) mass is 373 g/mol. The van der Waals surface area contributed by atoms with Crippen LogP contribution in [0.3, 0.4) is 0 Å². The Morgan fingerprint density at radius 1 is 1.00 bits per heavy atom. The molecule has 0 amide bonds. The first kappa shape index (κ1) is 18.4. The molecule has 3 rings (SSSR count). The largest absolute Gasteiger partial charge is 0.489 e. The van der Waals surface area contributed by atoms with Gasteiger partial charge >= 0.3 is 0 Å². The van der Waals surface area contributed by atoms with Gasteiger partial charge in [0.15, 0.2) is 0 Å². The smallest absolute Gasteiger partial charge is 0.203 e. The van der Waals surface area contributed by atoms with Gasteiger partial charge < -0.3 is 4.74 Å². The van der Waals surface area contributed by atoms with Gasteiger partial charge in [-0.05, 0) is 29.8 Å². The lowest BCUT2D eigenvalue weighted by molar-refractivity contribution is 0.104. The number of halogens is 1. The third-order valence-electron chi connectivity index (χ3n) is 3.92. The van der Waals surface area contributed by atoms with E-state index in [0.29, 0.717) is 28.5 Å². The van der Waals surface area contributed by atoms with Gasteiger partial charge in [0.25, 0.3) is 0 Å². The van der Waals surface area contributed by atoms with Crippen LogP contribution in [-0.2, 0) is 6.61 Å². The van der Waals surface area contributed by atoms with E-state index in [1.807, 2.05) is 54.6 Å². The summed E-state index contributed by atoms with van der Waals surface area (Å²) in [7, 11) is 0. The average Bonchev–Trinajstić information content (AvgIpc) is 2.72. The van der Waals surface area contributed by atoms with Crippen molar-refractivity contribution in [1.82, 2.24) is 0 Å². The topological polar surface area (TPSA) is 50.1 Å². The second-order valence-electron chi connectivity index (χ2n) is 5.82. The first-order valence-corrected chi connectivity index (χ1v) is 8.73. The van der Waals surface area contributed by atoms with E-state index in [1.165, 1.54) is 0 Å². The first-order valence-electron chi connectivity index (χ1n) is 8.35. The van der Waals surface area contributed by atoms with E-state index in [1.54, 1.807) is 36.4 Å². The zero-order valence-corrected chi connectivity index (χ0v) is 15.2. The highest BCUT2D eigenvalue weighted by Gasteiger charge is 2.11. The van der Waals surface area contributed by atoms with Gasteiger partial charge in [-0.3, -0.25) is 4.79 Å². The van der Waals surface area contributed by atoms with E-state index in [2.05, 4.69) is 0 Å². The lowest BCUT2D eigenvalue weighted by Crippen LogP contribution is -2.01. The molecular formula is C23H16ClNO2. The number of carbonyl (C=O) groups is 1. The first-order chi connectivity index (χ1) is 13.2. The second kappa shape index (κ2) is 8.84. The van der Waals surface area contributed by atoms with Crippen LogP contribution in [0, 0.1) is 11.3 Å². The fraction of sp³-hybridized carbons (Fsp3) is 0.0435. The quantitative estimate of drug-likeness (QED) is 0.316.